The Hall–Kier alpha value is -1.37. The molecule has 1 N–H and O–H groups in total. The Morgan fingerprint density at radius 3 is 2.31 bits per heavy atom. The number of rotatable bonds is 4. The van der Waals surface area contributed by atoms with Gasteiger partial charge in [-0.2, -0.15) is 0 Å². The molecule has 88 valence electrons. The SMILES string of the molecule is O=C(O)CSc1ccc(OC(F)(F)F)cc1. The quantitative estimate of drug-likeness (QED) is 0.837. The standard InChI is InChI=1S/C9H7F3O3S/c10-9(11,12)15-6-1-3-7(4-2-6)16-5-8(13)14/h1-4H,5H2,(H,13,14). The van der Waals surface area contributed by atoms with Crippen LogP contribution in [-0.4, -0.2) is 23.2 Å². The lowest BCUT2D eigenvalue weighted by Gasteiger charge is -2.08. The van der Waals surface area contributed by atoms with Crippen molar-refractivity contribution in [2.24, 2.45) is 0 Å². The van der Waals surface area contributed by atoms with Crippen molar-refractivity contribution >= 4 is 17.7 Å². The maximum absolute atomic E-state index is 11.8. The first-order valence-electron chi connectivity index (χ1n) is 4.07. The molecule has 0 aliphatic carbocycles. The summed E-state index contributed by atoms with van der Waals surface area (Å²) in [4.78, 5) is 10.8. The first-order chi connectivity index (χ1) is 7.37. The number of carboxylic acid groups (broad SMARTS) is 1. The molecule has 0 radical (unpaired) electrons. The largest absolute Gasteiger partial charge is 0.573 e. The molecule has 0 fully saturated rings. The lowest BCUT2D eigenvalue weighted by Crippen LogP contribution is -2.16. The zero-order valence-electron chi connectivity index (χ0n) is 7.82. The lowest BCUT2D eigenvalue weighted by molar-refractivity contribution is -0.274. The zero-order valence-corrected chi connectivity index (χ0v) is 8.64. The molecule has 0 atom stereocenters. The van der Waals surface area contributed by atoms with E-state index in [1.54, 1.807) is 0 Å². The molecule has 0 spiro atoms. The molecular formula is C9H7F3O3S. The second-order valence-electron chi connectivity index (χ2n) is 2.70. The van der Waals surface area contributed by atoms with Crippen LogP contribution in [0.15, 0.2) is 29.2 Å². The van der Waals surface area contributed by atoms with E-state index in [-0.39, 0.29) is 11.5 Å². The maximum atomic E-state index is 11.8. The summed E-state index contributed by atoms with van der Waals surface area (Å²) in [5, 5.41) is 8.39. The molecule has 7 heteroatoms. The van der Waals surface area contributed by atoms with Crippen molar-refractivity contribution < 1.29 is 27.8 Å². The Morgan fingerprint density at radius 2 is 1.88 bits per heavy atom. The third-order valence-electron chi connectivity index (χ3n) is 1.42. The number of hydrogen-bond acceptors (Lipinski definition) is 3. The molecule has 0 amide bonds. The van der Waals surface area contributed by atoms with E-state index in [0.29, 0.717) is 4.90 Å². The van der Waals surface area contributed by atoms with Gasteiger partial charge in [0.1, 0.15) is 5.75 Å². The number of carboxylic acids is 1. The van der Waals surface area contributed by atoms with Crippen LogP contribution in [0.5, 0.6) is 5.75 Å². The van der Waals surface area contributed by atoms with Crippen LogP contribution in [0.1, 0.15) is 0 Å². The lowest BCUT2D eigenvalue weighted by atomic mass is 10.3. The van der Waals surface area contributed by atoms with Crippen molar-refractivity contribution in [3.8, 4) is 5.75 Å². The van der Waals surface area contributed by atoms with Crippen LogP contribution in [0.25, 0.3) is 0 Å². The van der Waals surface area contributed by atoms with Gasteiger partial charge in [0.2, 0.25) is 0 Å². The first kappa shape index (κ1) is 12.7. The van der Waals surface area contributed by atoms with E-state index in [1.165, 1.54) is 12.1 Å². The second kappa shape index (κ2) is 5.11. The van der Waals surface area contributed by atoms with Crippen LogP contribution in [0.4, 0.5) is 13.2 Å². The van der Waals surface area contributed by atoms with Crippen LogP contribution >= 0.6 is 11.8 Å². The molecule has 1 aromatic rings. The summed E-state index contributed by atoms with van der Waals surface area (Å²) in [7, 11) is 0. The fourth-order valence-corrected chi connectivity index (χ4v) is 1.50. The Kier molecular flexibility index (Phi) is 4.05. The molecular weight excluding hydrogens is 245 g/mol. The smallest absolute Gasteiger partial charge is 0.481 e. The minimum absolute atomic E-state index is 0.139. The molecule has 0 unspecified atom stereocenters. The predicted molar refractivity (Wildman–Crippen MR) is 51.5 cm³/mol. The van der Waals surface area contributed by atoms with Gasteiger partial charge in [-0.05, 0) is 24.3 Å². The Balaban J connectivity index is 2.57. The number of carbonyl (C=O) groups is 1. The number of benzene rings is 1. The van der Waals surface area contributed by atoms with Gasteiger partial charge in [0.15, 0.2) is 0 Å². The molecule has 16 heavy (non-hydrogen) atoms. The van der Waals surface area contributed by atoms with Crippen LogP contribution in [-0.2, 0) is 4.79 Å². The number of alkyl halides is 3. The van der Waals surface area contributed by atoms with Gasteiger partial charge in [-0.1, -0.05) is 0 Å². The molecule has 0 aliphatic heterocycles. The summed E-state index contributed by atoms with van der Waals surface area (Å²) in [5.74, 6) is -1.45. The topological polar surface area (TPSA) is 46.5 Å². The summed E-state index contributed by atoms with van der Waals surface area (Å²) in [6, 6.07) is 5.01. The van der Waals surface area contributed by atoms with Crippen LogP contribution in [0, 0.1) is 0 Å². The fraction of sp³-hybridized carbons (Fsp3) is 0.222. The van der Waals surface area contributed by atoms with Gasteiger partial charge >= 0.3 is 12.3 Å². The van der Waals surface area contributed by atoms with E-state index >= 15 is 0 Å². The number of hydrogen-bond donors (Lipinski definition) is 1. The van der Waals surface area contributed by atoms with Gasteiger partial charge < -0.3 is 9.84 Å². The van der Waals surface area contributed by atoms with Gasteiger partial charge in [0.25, 0.3) is 0 Å². The molecule has 0 aliphatic rings. The Labute approximate surface area is 93.2 Å². The molecule has 3 nitrogen and oxygen atoms in total. The van der Waals surface area contributed by atoms with Crippen LogP contribution < -0.4 is 4.74 Å². The summed E-state index contributed by atoms with van der Waals surface area (Å²) >= 11 is 1.02. The minimum atomic E-state index is -4.71. The van der Waals surface area contributed by atoms with Crippen molar-refractivity contribution in [3.63, 3.8) is 0 Å². The Morgan fingerprint density at radius 1 is 1.31 bits per heavy atom. The Bertz CT molecular complexity index is 361. The zero-order chi connectivity index (χ0) is 12.2. The van der Waals surface area contributed by atoms with Gasteiger partial charge in [0.05, 0.1) is 5.75 Å². The molecule has 0 saturated heterocycles. The van der Waals surface area contributed by atoms with E-state index in [9.17, 15) is 18.0 Å². The molecule has 1 aromatic carbocycles. The van der Waals surface area contributed by atoms with E-state index in [2.05, 4.69) is 4.74 Å². The first-order valence-corrected chi connectivity index (χ1v) is 5.06. The number of aliphatic carboxylic acids is 1. The van der Waals surface area contributed by atoms with E-state index < -0.39 is 12.3 Å². The van der Waals surface area contributed by atoms with Gasteiger partial charge in [-0.3, -0.25) is 4.79 Å². The molecule has 0 heterocycles. The van der Waals surface area contributed by atoms with Crippen molar-refractivity contribution in [3.05, 3.63) is 24.3 Å². The van der Waals surface area contributed by atoms with E-state index in [0.717, 1.165) is 23.9 Å². The monoisotopic (exact) mass is 252 g/mol. The number of halogens is 3. The minimum Gasteiger partial charge on any atom is -0.481 e. The predicted octanol–water partition coefficient (Wildman–Crippen LogP) is 2.76. The average Bonchev–Trinajstić information content (AvgIpc) is 2.14. The molecule has 0 saturated carbocycles. The highest BCUT2D eigenvalue weighted by Crippen LogP contribution is 2.25. The maximum Gasteiger partial charge on any atom is 0.573 e. The number of ether oxygens (including phenoxy) is 1. The highest BCUT2D eigenvalue weighted by Gasteiger charge is 2.30. The van der Waals surface area contributed by atoms with Gasteiger partial charge in [0, 0.05) is 4.90 Å². The highest BCUT2D eigenvalue weighted by molar-refractivity contribution is 8.00. The van der Waals surface area contributed by atoms with E-state index in [4.69, 9.17) is 5.11 Å². The second-order valence-corrected chi connectivity index (χ2v) is 3.75. The van der Waals surface area contributed by atoms with Crippen molar-refractivity contribution in [1.29, 1.82) is 0 Å². The summed E-state index contributed by atoms with van der Waals surface area (Å²) < 4.78 is 39.0. The summed E-state index contributed by atoms with van der Waals surface area (Å²) in [6.45, 7) is 0. The van der Waals surface area contributed by atoms with Crippen LogP contribution in [0.2, 0.25) is 0 Å². The third kappa shape index (κ3) is 4.92. The van der Waals surface area contributed by atoms with Crippen molar-refractivity contribution in [2.75, 3.05) is 5.75 Å². The van der Waals surface area contributed by atoms with Crippen LogP contribution in [0.3, 0.4) is 0 Å². The molecule has 0 bridgehead atoms. The highest BCUT2D eigenvalue weighted by atomic mass is 32.2. The summed E-state index contributed by atoms with van der Waals surface area (Å²) in [6.07, 6.45) is -4.71. The van der Waals surface area contributed by atoms with Gasteiger partial charge in [-0.25, -0.2) is 0 Å². The summed E-state index contributed by atoms with van der Waals surface area (Å²) in [5.41, 5.74) is 0. The molecule has 1 rings (SSSR count). The molecule has 0 aromatic heterocycles. The number of thioether (sulfide) groups is 1. The third-order valence-corrected chi connectivity index (χ3v) is 2.42. The average molecular weight is 252 g/mol. The van der Waals surface area contributed by atoms with E-state index in [1.807, 2.05) is 0 Å². The van der Waals surface area contributed by atoms with Crippen molar-refractivity contribution in [1.82, 2.24) is 0 Å². The fourth-order valence-electron chi connectivity index (χ4n) is 0.883. The normalized spacial score (nSPS) is 11.2. The van der Waals surface area contributed by atoms with Gasteiger partial charge in [-0.15, -0.1) is 24.9 Å². The van der Waals surface area contributed by atoms with Crippen molar-refractivity contribution in [2.45, 2.75) is 11.3 Å².